The molecule has 0 unspecified atom stereocenters. The van der Waals surface area contributed by atoms with Crippen LogP contribution in [0.3, 0.4) is 0 Å². The normalized spacial score (nSPS) is 10.9. The van der Waals surface area contributed by atoms with Gasteiger partial charge in [0.2, 0.25) is 5.89 Å². The van der Waals surface area contributed by atoms with Crippen LogP contribution in [0.2, 0.25) is 0 Å². The molecule has 2 heterocycles. The van der Waals surface area contributed by atoms with Crippen LogP contribution in [0.15, 0.2) is 4.42 Å². The monoisotopic (exact) mass is 191 g/mol. The fourth-order valence-corrected chi connectivity index (χ4v) is 1.27. The molecule has 0 amide bonds. The molecule has 2 aromatic rings. The number of nitrogens with one attached hydrogen (secondary N) is 1. The van der Waals surface area contributed by atoms with Crippen LogP contribution in [-0.4, -0.2) is 15.2 Å². The first-order valence-corrected chi connectivity index (χ1v) is 4.55. The Morgan fingerprint density at radius 3 is 2.29 bits per heavy atom. The molecule has 2 aromatic heterocycles. The summed E-state index contributed by atoms with van der Waals surface area (Å²) in [5.41, 5.74) is 3.86. The average Bonchev–Trinajstić information content (AvgIpc) is 2.61. The second-order valence-corrected chi connectivity index (χ2v) is 3.48. The molecule has 0 saturated carbocycles. The summed E-state index contributed by atoms with van der Waals surface area (Å²) in [6, 6.07) is 0. The summed E-state index contributed by atoms with van der Waals surface area (Å²) in [4.78, 5) is 4.31. The minimum atomic E-state index is 0.599. The van der Waals surface area contributed by atoms with Crippen LogP contribution in [0.1, 0.15) is 22.7 Å². The number of aromatic amines is 1. The van der Waals surface area contributed by atoms with Gasteiger partial charge in [0.05, 0.1) is 5.69 Å². The van der Waals surface area contributed by atoms with E-state index in [0.29, 0.717) is 5.89 Å². The highest BCUT2D eigenvalue weighted by Gasteiger charge is 2.14. The zero-order valence-electron chi connectivity index (χ0n) is 8.80. The molecular weight excluding hydrogens is 178 g/mol. The summed E-state index contributed by atoms with van der Waals surface area (Å²) in [5.74, 6) is 1.45. The molecule has 2 rings (SSSR count). The number of oxazole rings is 1. The van der Waals surface area contributed by atoms with Crippen molar-refractivity contribution in [1.29, 1.82) is 0 Å². The maximum Gasteiger partial charge on any atom is 0.247 e. The predicted molar refractivity (Wildman–Crippen MR) is 53.0 cm³/mol. The van der Waals surface area contributed by atoms with Crippen molar-refractivity contribution in [3.05, 3.63) is 22.7 Å². The lowest BCUT2D eigenvalue weighted by Gasteiger charge is -1.90. The summed E-state index contributed by atoms with van der Waals surface area (Å²) >= 11 is 0. The Morgan fingerprint density at radius 2 is 1.86 bits per heavy atom. The van der Waals surface area contributed by atoms with Gasteiger partial charge < -0.3 is 4.42 Å². The minimum Gasteiger partial charge on any atom is -0.440 e. The summed E-state index contributed by atoms with van der Waals surface area (Å²) < 4.78 is 5.50. The van der Waals surface area contributed by atoms with Crippen molar-refractivity contribution >= 4 is 0 Å². The molecule has 0 atom stereocenters. The molecule has 0 bridgehead atoms. The molecule has 4 heteroatoms. The molecular formula is C10H13N3O. The van der Waals surface area contributed by atoms with Crippen LogP contribution in [0.25, 0.3) is 11.6 Å². The van der Waals surface area contributed by atoms with Gasteiger partial charge in [-0.15, -0.1) is 0 Å². The number of nitrogens with zero attached hydrogens (tertiary/aromatic N) is 2. The highest BCUT2D eigenvalue weighted by atomic mass is 16.4. The standard InChI is InChI=1S/C10H13N3O/c1-5-6(2)12-13-9(5)10-11-7(3)8(4)14-10/h1-4H3,(H,12,13). The topological polar surface area (TPSA) is 54.7 Å². The van der Waals surface area contributed by atoms with Crippen molar-refractivity contribution in [2.24, 2.45) is 0 Å². The van der Waals surface area contributed by atoms with Gasteiger partial charge in [-0.2, -0.15) is 5.10 Å². The Morgan fingerprint density at radius 1 is 1.14 bits per heavy atom. The fraction of sp³-hybridized carbons (Fsp3) is 0.400. The summed E-state index contributed by atoms with van der Waals surface area (Å²) in [7, 11) is 0. The first-order valence-electron chi connectivity index (χ1n) is 4.55. The van der Waals surface area contributed by atoms with E-state index in [0.717, 1.165) is 28.4 Å². The number of aryl methyl sites for hydroxylation is 3. The Kier molecular flexibility index (Phi) is 1.91. The van der Waals surface area contributed by atoms with E-state index in [1.54, 1.807) is 0 Å². The number of hydrogen-bond donors (Lipinski definition) is 1. The lowest BCUT2D eigenvalue weighted by atomic mass is 10.2. The van der Waals surface area contributed by atoms with Gasteiger partial charge in [0.15, 0.2) is 5.69 Å². The van der Waals surface area contributed by atoms with E-state index in [1.807, 2.05) is 27.7 Å². The zero-order valence-corrected chi connectivity index (χ0v) is 8.80. The quantitative estimate of drug-likeness (QED) is 0.752. The molecule has 0 spiro atoms. The molecule has 0 fully saturated rings. The van der Waals surface area contributed by atoms with Gasteiger partial charge in [-0.25, -0.2) is 4.98 Å². The van der Waals surface area contributed by atoms with Crippen molar-refractivity contribution in [2.75, 3.05) is 0 Å². The van der Waals surface area contributed by atoms with Crippen LogP contribution in [0, 0.1) is 27.7 Å². The average molecular weight is 191 g/mol. The van der Waals surface area contributed by atoms with Gasteiger partial charge in [0.1, 0.15) is 5.76 Å². The van der Waals surface area contributed by atoms with Crippen LogP contribution in [0.4, 0.5) is 0 Å². The minimum absolute atomic E-state index is 0.599. The largest absolute Gasteiger partial charge is 0.440 e. The SMILES string of the molecule is Cc1nc(-c2n[nH]c(C)c2C)oc1C. The van der Waals surface area contributed by atoms with Crippen molar-refractivity contribution in [3.63, 3.8) is 0 Å². The molecule has 74 valence electrons. The Balaban J connectivity index is 2.54. The van der Waals surface area contributed by atoms with Crippen molar-refractivity contribution in [3.8, 4) is 11.6 Å². The third-order valence-corrected chi connectivity index (χ3v) is 2.48. The van der Waals surface area contributed by atoms with Crippen LogP contribution in [-0.2, 0) is 0 Å². The third kappa shape index (κ3) is 1.23. The van der Waals surface area contributed by atoms with E-state index >= 15 is 0 Å². The lowest BCUT2D eigenvalue weighted by molar-refractivity contribution is 0.538. The molecule has 0 saturated heterocycles. The molecule has 0 aliphatic heterocycles. The van der Waals surface area contributed by atoms with Gasteiger partial charge in [0, 0.05) is 11.3 Å². The third-order valence-electron chi connectivity index (χ3n) is 2.48. The highest BCUT2D eigenvalue weighted by Crippen LogP contribution is 2.23. The Hall–Kier alpha value is -1.58. The van der Waals surface area contributed by atoms with Crippen molar-refractivity contribution < 1.29 is 4.42 Å². The molecule has 4 nitrogen and oxygen atoms in total. The summed E-state index contributed by atoms with van der Waals surface area (Å²) in [5, 5.41) is 7.07. The van der Waals surface area contributed by atoms with Gasteiger partial charge >= 0.3 is 0 Å². The first kappa shape index (κ1) is 8.99. The Labute approximate surface area is 82.4 Å². The first-order chi connectivity index (χ1) is 6.59. The molecule has 1 N–H and O–H groups in total. The molecule has 0 aliphatic carbocycles. The van der Waals surface area contributed by atoms with E-state index in [1.165, 1.54) is 0 Å². The second-order valence-electron chi connectivity index (χ2n) is 3.48. The lowest BCUT2D eigenvalue weighted by Crippen LogP contribution is -1.81. The number of aromatic nitrogens is 3. The van der Waals surface area contributed by atoms with Crippen LogP contribution < -0.4 is 0 Å². The predicted octanol–water partition coefficient (Wildman–Crippen LogP) is 2.30. The van der Waals surface area contributed by atoms with Crippen molar-refractivity contribution in [2.45, 2.75) is 27.7 Å². The van der Waals surface area contributed by atoms with Crippen molar-refractivity contribution in [1.82, 2.24) is 15.2 Å². The number of hydrogen-bond acceptors (Lipinski definition) is 3. The van der Waals surface area contributed by atoms with E-state index < -0.39 is 0 Å². The van der Waals surface area contributed by atoms with E-state index in [-0.39, 0.29) is 0 Å². The molecule has 14 heavy (non-hydrogen) atoms. The van der Waals surface area contributed by atoms with E-state index in [4.69, 9.17) is 4.42 Å². The van der Waals surface area contributed by atoms with Gasteiger partial charge in [-0.1, -0.05) is 0 Å². The number of rotatable bonds is 1. The van der Waals surface area contributed by atoms with E-state index in [9.17, 15) is 0 Å². The second kappa shape index (κ2) is 2.97. The van der Waals surface area contributed by atoms with Gasteiger partial charge in [-0.3, -0.25) is 5.10 Å². The maximum atomic E-state index is 5.50. The molecule has 0 radical (unpaired) electrons. The maximum absolute atomic E-state index is 5.50. The Bertz CT molecular complexity index is 448. The molecule has 0 aromatic carbocycles. The molecule has 0 aliphatic rings. The van der Waals surface area contributed by atoms with Gasteiger partial charge in [0.25, 0.3) is 0 Å². The number of H-pyrrole nitrogens is 1. The fourth-order valence-electron chi connectivity index (χ4n) is 1.27. The van der Waals surface area contributed by atoms with Crippen LogP contribution in [0.5, 0.6) is 0 Å². The van der Waals surface area contributed by atoms with E-state index in [2.05, 4.69) is 15.2 Å². The smallest absolute Gasteiger partial charge is 0.247 e. The summed E-state index contributed by atoms with van der Waals surface area (Å²) in [6.45, 7) is 7.81. The highest BCUT2D eigenvalue weighted by molar-refractivity contribution is 5.54. The van der Waals surface area contributed by atoms with Crippen LogP contribution >= 0.6 is 0 Å². The summed E-state index contributed by atoms with van der Waals surface area (Å²) in [6.07, 6.45) is 0. The van der Waals surface area contributed by atoms with Gasteiger partial charge in [-0.05, 0) is 27.7 Å². The zero-order chi connectivity index (χ0) is 10.3.